The van der Waals surface area contributed by atoms with Crippen LogP contribution in [0.2, 0.25) is 0 Å². The van der Waals surface area contributed by atoms with Crippen molar-refractivity contribution in [2.24, 2.45) is 20.8 Å². The van der Waals surface area contributed by atoms with Crippen LogP contribution in [0.1, 0.15) is 46.5 Å². The van der Waals surface area contributed by atoms with Crippen molar-refractivity contribution < 1.29 is 9.59 Å². The second-order valence-corrected chi connectivity index (χ2v) is 5.66. The minimum atomic E-state index is -0.623. The van der Waals surface area contributed by atoms with Gasteiger partial charge >= 0.3 is 0 Å². The molecular formula is C12H18N2O2. The molecule has 1 atom stereocenters. The maximum absolute atomic E-state index is 10.4. The minimum absolute atomic E-state index is 0.210. The van der Waals surface area contributed by atoms with Crippen LogP contribution >= 0.6 is 0 Å². The molecule has 4 nitrogen and oxygen atoms in total. The molecule has 0 radical (unpaired) electrons. The maximum atomic E-state index is 10.4. The molecule has 0 aliphatic heterocycles. The van der Waals surface area contributed by atoms with E-state index in [4.69, 9.17) is 0 Å². The Bertz CT molecular complexity index is 334. The van der Waals surface area contributed by atoms with E-state index in [2.05, 4.69) is 23.8 Å². The monoisotopic (exact) mass is 222 g/mol. The lowest BCUT2D eigenvalue weighted by atomic mass is 9.63. The number of hydrogen-bond donors (Lipinski definition) is 0. The highest BCUT2D eigenvalue weighted by Gasteiger charge is 2.42. The summed E-state index contributed by atoms with van der Waals surface area (Å²) in [6.45, 7) is 6.41. The quantitative estimate of drug-likeness (QED) is 0.544. The summed E-state index contributed by atoms with van der Waals surface area (Å²) in [5, 5.41) is 0. The second-order valence-electron chi connectivity index (χ2n) is 5.66. The summed E-state index contributed by atoms with van der Waals surface area (Å²) in [6, 6.07) is 0. The van der Waals surface area contributed by atoms with Crippen molar-refractivity contribution in [3.05, 3.63) is 0 Å². The average molecular weight is 222 g/mol. The first-order valence-corrected chi connectivity index (χ1v) is 5.57. The first-order valence-electron chi connectivity index (χ1n) is 5.57. The molecular weight excluding hydrogens is 204 g/mol. The van der Waals surface area contributed by atoms with Gasteiger partial charge in [0.1, 0.15) is 0 Å². The SMILES string of the molecule is CC1(C)CCCC(C)(C(N=C=O)N=C=O)C1. The molecule has 0 aromatic carbocycles. The molecule has 0 heterocycles. The van der Waals surface area contributed by atoms with Crippen molar-refractivity contribution in [1.29, 1.82) is 0 Å². The van der Waals surface area contributed by atoms with Crippen LogP contribution < -0.4 is 0 Å². The Labute approximate surface area is 95.9 Å². The third-order valence-electron chi connectivity index (χ3n) is 3.46. The van der Waals surface area contributed by atoms with Gasteiger partial charge in [-0.1, -0.05) is 27.2 Å². The fourth-order valence-corrected chi connectivity index (χ4v) is 2.90. The molecule has 1 rings (SSSR count). The highest BCUT2D eigenvalue weighted by molar-refractivity contribution is 5.37. The molecule has 1 unspecified atom stereocenters. The summed E-state index contributed by atoms with van der Waals surface area (Å²) in [5.74, 6) is 0. The molecule has 0 spiro atoms. The predicted molar refractivity (Wildman–Crippen MR) is 60.4 cm³/mol. The van der Waals surface area contributed by atoms with Crippen LogP contribution in [0.15, 0.2) is 9.98 Å². The van der Waals surface area contributed by atoms with Gasteiger partial charge in [-0.05, 0) is 24.7 Å². The van der Waals surface area contributed by atoms with Gasteiger partial charge in [-0.15, -0.1) is 0 Å². The number of aliphatic imine (C=N–C) groups is 2. The lowest BCUT2D eigenvalue weighted by Crippen LogP contribution is -2.38. The van der Waals surface area contributed by atoms with Crippen molar-refractivity contribution >= 4 is 12.2 Å². The summed E-state index contributed by atoms with van der Waals surface area (Å²) in [6.07, 6.45) is 6.45. The van der Waals surface area contributed by atoms with E-state index < -0.39 is 6.17 Å². The fraction of sp³-hybridized carbons (Fsp3) is 0.833. The molecule has 1 saturated carbocycles. The minimum Gasteiger partial charge on any atom is -0.211 e. The molecule has 1 fully saturated rings. The molecule has 0 N–H and O–H groups in total. The zero-order valence-corrected chi connectivity index (χ0v) is 10.1. The molecule has 1 aliphatic carbocycles. The highest BCUT2D eigenvalue weighted by atomic mass is 16.1. The Morgan fingerprint density at radius 3 is 2.06 bits per heavy atom. The molecule has 88 valence electrons. The van der Waals surface area contributed by atoms with Crippen LogP contribution in [0.3, 0.4) is 0 Å². The van der Waals surface area contributed by atoms with Crippen molar-refractivity contribution in [2.75, 3.05) is 0 Å². The Morgan fingerprint density at radius 2 is 1.62 bits per heavy atom. The average Bonchev–Trinajstić information content (AvgIpc) is 2.15. The molecule has 0 aromatic heterocycles. The van der Waals surface area contributed by atoms with Crippen molar-refractivity contribution in [1.82, 2.24) is 0 Å². The summed E-state index contributed by atoms with van der Waals surface area (Å²) < 4.78 is 0. The van der Waals surface area contributed by atoms with Crippen LogP contribution in [-0.2, 0) is 9.59 Å². The first kappa shape index (κ1) is 12.8. The lowest BCUT2D eigenvalue weighted by Gasteiger charge is -2.43. The standard InChI is InChI=1S/C12H18N2O2/c1-11(2)5-4-6-12(3,7-11)10(13-8-15)14-9-16/h10H,4-7H2,1-3H3. The maximum Gasteiger partial charge on any atom is 0.237 e. The first-order chi connectivity index (χ1) is 7.43. The lowest BCUT2D eigenvalue weighted by molar-refractivity contribution is 0.0779. The zero-order valence-electron chi connectivity index (χ0n) is 10.1. The molecule has 1 aliphatic rings. The van der Waals surface area contributed by atoms with Crippen molar-refractivity contribution in [3.63, 3.8) is 0 Å². The molecule has 0 aromatic rings. The van der Waals surface area contributed by atoms with E-state index in [9.17, 15) is 9.59 Å². The summed E-state index contributed by atoms with van der Waals surface area (Å²) in [7, 11) is 0. The Balaban J connectivity index is 2.96. The van der Waals surface area contributed by atoms with Crippen LogP contribution in [0.5, 0.6) is 0 Å². The second kappa shape index (κ2) is 4.73. The third-order valence-corrected chi connectivity index (χ3v) is 3.46. The van der Waals surface area contributed by atoms with Crippen LogP contribution in [0, 0.1) is 10.8 Å². The van der Waals surface area contributed by atoms with E-state index in [0.29, 0.717) is 0 Å². The van der Waals surface area contributed by atoms with Gasteiger partial charge in [-0.25, -0.2) is 9.59 Å². The van der Waals surface area contributed by atoms with Crippen LogP contribution in [-0.4, -0.2) is 18.3 Å². The molecule has 0 amide bonds. The summed E-state index contributed by atoms with van der Waals surface area (Å²) in [4.78, 5) is 28.0. The van der Waals surface area contributed by atoms with Crippen molar-refractivity contribution in [3.8, 4) is 0 Å². The van der Waals surface area contributed by atoms with E-state index in [1.54, 1.807) is 0 Å². The summed E-state index contributed by atoms with van der Waals surface area (Å²) in [5.41, 5.74) is -0.0152. The number of rotatable bonds is 3. The number of hydrogen-bond acceptors (Lipinski definition) is 4. The van der Waals surface area contributed by atoms with Gasteiger partial charge in [-0.3, -0.25) is 0 Å². The van der Waals surface area contributed by atoms with Gasteiger partial charge in [0, 0.05) is 5.41 Å². The number of isocyanates is 2. The van der Waals surface area contributed by atoms with Gasteiger partial charge in [0.15, 0.2) is 6.17 Å². The topological polar surface area (TPSA) is 58.9 Å². The fourth-order valence-electron chi connectivity index (χ4n) is 2.90. The normalized spacial score (nSPS) is 29.7. The number of carbonyl (C=O) groups excluding carboxylic acids is 2. The van der Waals surface area contributed by atoms with E-state index >= 15 is 0 Å². The van der Waals surface area contributed by atoms with E-state index in [1.165, 1.54) is 12.2 Å². The smallest absolute Gasteiger partial charge is 0.211 e. The molecule has 0 bridgehead atoms. The third kappa shape index (κ3) is 2.88. The number of nitrogens with zero attached hydrogens (tertiary/aromatic N) is 2. The Kier molecular flexibility index (Phi) is 3.79. The predicted octanol–water partition coefficient (Wildman–Crippen LogP) is 2.59. The van der Waals surface area contributed by atoms with Crippen LogP contribution in [0.4, 0.5) is 0 Å². The zero-order chi connectivity index (χ0) is 12.2. The van der Waals surface area contributed by atoms with E-state index in [1.807, 2.05) is 6.92 Å². The van der Waals surface area contributed by atoms with Gasteiger partial charge in [0.2, 0.25) is 12.2 Å². The largest absolute Gasteiger partial charge is 0.237 e. The van der Waals surface area contributed by atoms with E-state index in [0.717, 1.165) is 25.7 Å². The Hall–Kier alpha value is -1.24. The summed E-state index contributed by atoms with van der Waals surface area (Å²) >= 11 is 0. The van der Waals surface area contributed by atoms with Crippen LogP contribution in [0.25, 0.3) is 0 Å². The van der Waals surface area contributed by atoms with Gasteiger partial charge < -0.3 is 0 Å². The molecule has 4 heteroatoms. The Morgan fingerprint density at radius 1 is 1.06 bits per heavy atom. The highest BCUT2D eigenvalue weighted by Crippen LogP contribution is 2.48. The van der Waals surface area contributed by atoms with Gasteiger partial charge in [0.25, 0.3) is 0 Å². The van der Waals surface area contributed by atoms with E-state index in [-0.39, 0.29) is 10.8 Å². The molecule has 16 heavy (non-hydrogen) atoms. The molecule has 0 saturated heterocycles. The van der Waals surface area contributed by atoms with Gasteiger partial charge in [0.05, 0.1) is 0 Å². The van der Waals surface area contributed by atoms with Crippen molar-refractivity contribution in [2.45, 2.75) is 52.6 Å². The van der Waals surface area contributed by atoms with Gasteiger partial charge in [-0.2, -0.15) is 9.98 Å².